The van der Waals surface area contributed by atoms with Crippen molar-refractivity contribution in [3.63, 3.8) is 0 Å². The van der Waals surface area contributed by atoms with Gasteiger partial charge in [-0.2, -0.15) is 0 Å². The fourth-order valence-corrected chi connectivity index (χ4v) is 3.71. The zero-order valence-corrected chi connectivity index (χ0v) is 16.9. The average molecular weight is 394 g/mol. The van der Waals surface area contributed by atoms with E-state index in [4.69, 9.17) is 9.47 Å². The molecule has 0 bridgehead atoms. The summed E-state index contributed by atoms with van der Waals surface area (Å²) in [6, 6.07) is 5.80. The summed E-state index contributed by atoms with van der Waals surface area (Å²) in [6.45, 7) is 7.32. The molecule has 3 heterocycles. The van der Waals surface area contributed by atoms with Crippen LogP contribution in [-0.2, 0) is 11.2 Å². The Bertz CT molecular complexity index is 892. The van der Waals surface area contributed by atoms with Crippen LogP contribution >= 0.6 is 0 Å². The smallest absolute Gasteiger partial charge is 0.246 e. The minimum atomic E-state index is -0.00383. The fraction of sp³-hybridized carbons (Fsp3) is 0.409. The molecule has 1 aromatic carbocycles. The molecule has 7 heteroatoms. The van der Waals surface area contributed by atoms with Crippen LogP contribution in [0.1, 0.15) is 25.0 Å². The molecule has 0 spiro atoms. The molecule has 4 rings (SSSR count). The summed E-state index contributed by atoms with van der Waals surface area (Å²) >= 11 is 0. The van der Waals surface area contributed by atoms with Gasteiger partial charge in [-0.1, -0.05) is 0 Å². The van der Waals surface area contributed by atoms with Crippen LogP contribution in [0.15, 0.2) is 36.7 Å². The summed E-state index contributed by atoms with van der Waals surface area (Å²) < 4.78 is 11.6. The number of hydrogen-bond donors (Lipinski definition) is 0. The minimum Gasteiger partial charge on any atom is -0.493 e. The second-order valence-electron chi connectivity index (χ2n) is 7.26. The van der Waals surface area contributed by atoms with Crippen molar-refractivity contribution in [1.29, 1.82) is 0 Å². The molecule has 1 saturated heterocycles. The molecule has 29 heavy (non-hydrogen) atoms. The maximum Gasteiger partial charge on any atom is 0.246 e. The molecular weight excluding hydrogens is 368 g/mol. The van der Waals surface area contributed by atoms with Gasteiger partial charge in [0.2, 0.25) is 11.9 Å². The molecule has 7 nitrogen and oxygen atoms in total. The summed E-state index contributed by atoms with van der Waals surface area (Å²) in [7, 11) is 0. The number of anilines is 1. The summed E-state index contributed by atoms with van der Waals surface area (Å²) in [5.41, 5.74) is 2.02. The topological polar surface area (TPSA) is 67.8 Å². The monoisotopic (exact) mass is 394 g/mol. The van der Waals surface area contributed by atoms with E-state index in [1.807, 2.05) is 30.0 Å². The standard InChI is InChI=1S/C22H26N4O3/c1-3-28-19-15-18-13-16(2)29-20(18)14-17(19)5-6-21(27)25-9-11-26(12-10-25)22-23-7-4-8-24-22/h4-8,14-16H,3,9-13H2,1-2H3/b6-5+/t16-/m0/s1. The first kappa shape index (κ1) is 19.2. The van der Waals surface area contributed by atoms with E-state index >= 15 is 0 Å². The number of aromatic nitrogens is 2. The number of hydrogen-bond acceptors (Lipinski definition) is 6. The molecule has 1 amide bonds. The predicted octanol–water partition coefficient (Wildman–Crippen LogP) is 2.56. The van der Waals surface area contributed by atoms with E-state index in [1.165, 1.54) is 0 Å². The lowest BCUT2D eigenvalue weighted by molar-refractivity contribution is -0.126. The van der Waals surface area contributed by atoms with Gasteiger partial charge in [0.1, 0.15) is 17.6 Å². The highest BCUT2D eigenvalue weighted by atomic mass is 16.5. The summed E-state index contributed by atoms with van der Waals surface area (Å²) in [6.07, 6.45) is 7.97. The molecule has 2 aliphatic heterocycles. The Morgan fingerprint density at radius 2 is 2.00 bits per heavy atom. The molecule has 2 aliphatic rings. The largest absolute Gasteiger partial charge is 0.493 e. The molecule has 0 N–H and O–H groups in total. The van der Waals surface area contributed by atoms with E-state index in [0.717, 1.165) is 42.1 Å². The molecule has 152 valence electrons. The van der Waals surface area contributed by atoms with Crippen LogP contribution < -0.4 is 14.4 Å². The third kappa shape index (κ3) is 4.34. The first-order valence-corrected chi connectivity index (χ1v) is 10.1. The normalized spacial score (nSPS) is 18.6. The molecule has 1 aromatic heterocycles. The lowest BCUT2D eigenvalue weighted by Gasteiger charge is -2.34. The van der Waals surface area contributed by atoms with Crippen molar-refractivity contribution in [2.75, 3.05) is 37.7 Å². The number of carbonyl (C=O) groups is 1. The molecule has 0 unspecified atom stereocenters. The Kier molecular flexibility index (Phi) is 5.64. The van der Waals surface area contributed by atoms with E-state index in [1.54, 1.807) is 24.5 Å². The number of nitrogens with zero attached hydrogens (tertiary/aromatic N) is 4. The van der Waals surface area contributed by atoms with Gasteiger partial charge in [0.05, 0.1) is 6.61 Å². The van der Waals surface area contributed by atoms with E-state index in [2.05, 4.69) is 21.8 Å². The Labute approximate surface area is 171 Å². The van der Waals surface area contributed by atoms with Gasteiger partial charge in [0, 0.05) is 62.2 Å². The van der Waals surface area contributed by atoms with Crippen molar-refractivity contribution in [1.82, 2.24) is 14.9 Å². The number of amides is 1. The summed E-state index contributed by atoms with van der Waals surface area (Å²) in [4.78, 5) is 25.2. The van der Waals surface area contributed by atoms with Crippen molar-refractivity contribution in [2.24, 2.45) is 0 Å². The van der Waals surface area contributed by atoms with Crippen LogP contribution in [0.4, 0.5) is 5.95 Å². The number of fused-ring (bicyclic) bond motifs is 1. The molecule has 2 aromatic rings. The number of ether oxygens (including phenoxy) is 2. The van der Waals surface area contributed by atoms with Gasteiger partial charge in [-0.25, -0.2) is 9.97 Å². The SMILES string of the molecule is CCOc1cc2c(cc1/C=C/C(=O)N1CCN(c3ncccn3)CC1)O[C@@H](C)C2. The van der Waals surface area contributed by atoms with Crippen molar-refractivity contribution in [2.45, 2.75) is 26.4 Å². The maximum atomic E-state index is 12.7. The quantitative estimate of drug-likeness (QED) is 0.726. The number of rotatable bonds is 5. The fourth-order valence-electron chi connectivity index (χ4n) is 3.71. The Balaban J connectivity index is 1.42. The van der Waals surface area contributed by atoms with Gasteiger partial charge in [-0.3, -0.25) is 4.79 Å². The highest BCUT2D eigenvalue weighted by Crippen LogP contribution is 2.35. The predicted molar refractivity (Wildman–Crippen MR) is 111 cm³/mol. The van der Waals surface area contributed by atoms with Crippen molar-refractivity contribution < 1.29 is 14.3 Å². The van der Waals surface area contributed by atoms with Gasteiger partial charge < -0.3 is 19.3 Å². The zero-order valence-electron chi connectivity index (χ0n) is 16.9. The van der Waals surface area contributed by atoms with Crippen LogP contribution in [0.3, 0.4) is 0 Å². The maximum absolute atomic E-state index is 12.7. The Morgan fingerprint density at radius 1 is 1.24 bits per heavy atom. The second-order valence-corrected chi connectivity index (χ2v) is 7.26. The minimum absolute atomic E-state index is 0.00383. The van der Waals surface area contributed by atoms with Gasteiger partial charge in [0.15, 0.2) is 0 Å². The van der Waals surface area contributed by atoms with Crippen molar-refractivity contribution in [3.8, 4) is 11.5 Å². The van der Waals surface area contributed by atoms with Crippen LogP contribution in [0, 0.1) is 0 Å². The van der Waals surface area contributed by atoms with E-state index < -0.39 is 0 Å². The zero-order chi connectivity index (χ0) is 20.2. The van der Waals surface area contributed by atoms with Crippen LogP contribution in [0.2, 0.25) is 0 Å². The third-order valence-corrected chi connectivity index (χ3v) is 5.16. The molecule has 0 aliphatic carbocycles. The third-order valence-electron chi connectivity index (χ3n) is 5.16. The molecular formula is C22H26N4O3. The highest BCUT2D eigenvalue weighted by molar-refractivity contribution is 5.92. The van der Waals surface area contributed by atoms with Gasteiger partial charge in [0.25, 0.3) is 0 Å². The molecule has 1 atom stereocenters. The molecule has 0 saturated carbocycles. The molecule has 0 radical (unpaired) electrons. The van der Waals surface area contributed by atoms with Crippen LogP contribution in [0.25, 0.3) is 6.08 Å². The van der Waals surface area contributed by atoms with Crippen LogP contribution in [-0.4, -0.2) is 59.7 Å². The first-order chi connectivity index (χ1) is 14.1. The Morgan fingerprint density at radius 3 is 2.72 bits per heavy atom. The lowest BCUT2D eigenvalue weighted by Crippen LogP contribution is -2.48. The summed E-state index contributed by atoms with van der Waals surface area (Å²) in [5, 5.41) is 0. The number of carbonyl (C=O) groups excluding carboxylic acids is 1. The van der Waals surface area contributed by atoms with Gasteiger partial charge in [-0.05, 0) is 38.1 Å². The summed E-state index contributed by atoms with van der Waals surface area (Å²) in [5.74, 6) is 2.38. The highest BCUT2D eigenvalue weighted by Gasteiger charge is 2.23. The van der Waals surface area contributed by atoms with Gasteiger partial charge in [-0.15, -0.1) is 0 Å². The molecule has 1 fully saturated rings. The average Bonchev–Trinajstić information content (AvgIpc) is 3.11. The van der Waals surface area contributed by atoms with E-state index in [0.29, 0.717) is 25.6 Å². The second kappa shape index (κ2) is 8.51. The van der Waals surface area contributed by atoms with Crippen molar-refractivity contribution >= 4 is 17.9 Å². The first-order valence-electron chi connectivity index (χ1n) is 10.1. The Hall–Kier alpha value is -3.09. The van der Waals surface area contributed by atoms with Crippen LogP contribution in [0.5, 0.6) is 11.5 Å². The van der Waals surface area contributed by atoms with E-state index in [-0.39, 0.29) is 12.0 Å². The van der Waals surface area contributed by atoms with Gasteiger partial charge >= 0.3 is 0 Å². The lowest BCUT2D eigenvalue weighted by atomic mass is 10.1. The number of piperazine rings is 1. The van der Waals surface area contributed by atoms with Crippen molar-refractivity contribution in [3.05, 3.63) is 47.8 Å². The number of benzene rings is 1. The van der Waals surface area contributed by atoms with E-state index in [9.17, 15) is 4.79 Å².